The van der Waals surface area contributed by atoms with E-state index in [1.807, 2.05) is 72.8 Å². The lowest BCUT2D eigenvalue weighted by Gasteiger charge is -2.06. The fourth-order valence-electron chi connectivity index (χ4n) is 3.04. The number of nitrogens with one attached hydrogen (secondary N) is 2. The molecule has 0 atom stereocenters. The van der Waals surface area contributed by atoms with Gasteiger partial charge in [0, 0.05) is 35.2 Å². The number of aromatic amines is 1. The molecule has 0 radical (unpaired) electrons. The molecule has 1 amide bonds. The molecule has 2 aromatic heterocycles. The molecule has 0 saturated heterocycles. The molecular formula is C23H18ClN3O. The van der Waals surface area contributed by atoms with Crippen LogP contribution in [0.4, 0.5) is 0 Å². The molecule has 0 unspecified atom stereocenters. The Labute approximate surface area is 168 Å². The van der Waals surface area contributed by atoms with Crippen molar-refractivity contribution in [3.05, 3.63) is 101 Å². The second-order valence-corrected chi connectivity index (χ2v) is 6.82. The van der Waals surface area contributed by atoms with Crippen LogP contribution in [0, 0.1) is 0 Å². The molecule has 4 aromatic rings. The predicted molar refractivity (Wildman–Crippen MR) is 112 cm³/mol. The van der Waals surface area contributed by atoms with Crippen LogP contribution in [-0.2, 0) is 6.54 Å². The van der Waals surface area contributed by atoms with E-state index in [0.717, 1.165) is 28.1 Å². The molecule has 0 aliphatic rings. The Bertz CT molecular complexity index is 1070. The van der Waals surface area contributed by atoms with Crippen molar-refractivity contribution in [2.24, 2.45) is 0 Å². The summed E-state index contributed by atoms with van der Waals surface area (Å²) in [6.45, 7) is 0.469. The fraction of sp³-hybridized carbons (Fsp3) is 0.0435. The van der Waals surface area contributed by atoms with Gasteiger partial charge >= 0.3 is 0 Å². The number of halogens is 1. The lowest BCUT2D eigenvalue weighted by molar-refractivity contribution is 0.0951. The average molecular weight is 388 g/mol. The highest BCUT2D eigenvalue weighted by Gasteiger charge is 2.17. The van der Waals surface area contributed by atoms with E-state index in [1.54, 1.807) is 12.4 Å². The Morgan fingerprint density at radius 2 is 1.64 bits per heavy atom. The highest BCUT2D eigenvalue weighted by atomic mass is 35.5. The molecule has 4 rings (SSSR count). The van der Waals surface area contributed by atoms with Gasteiger partial charge in [0.05, 0.1) is 11.3 Å². The van der Waals surface area contributed by atoms with Crippen molar-refractivity contribution >= 4 is 17.5 Å². The van der Waals surface area contributed by atoms with Crippen LogP contribution >= 0.6 is 11.6 Å². The van der Waals surface area contributed by atoms with Gasteiger partial charge in [0.25, 0.3) is 5.91 Å². The molecule has 5 heteroatoms. The Morgan fingerprint density at radius 3 is 2.36 bits per heavy atom. The lowest BCUT2D eigenvalue weighted by atomic mass is 10.1. The summed E-state index contributed by atoms with van der Waals surface area (Å²) in [5.41, 5.74) is 5.12. The normalized spacial score (nSPS) is 10.6. The maximum Gasteiger partial charge on any atom is 0.253 e. The first-order valence-corrected chi connectivity index (χ1v) is 9.30. The molecule has 4 nitrogen and oxygen atoms in total. The van der Waals surface area contributed by atoms with Gasteiger partial charge in [-0.2, -0.15) is 0 Å². The van der Waals surface area contributed by atoms with Crippen molar-refractivity contribution < 1.29 is 4.79 Å². The molecule has 0 bridgehead atoms. The standard InChI is InChI=1S/C23H18ClN3O/c24-19-8-6-17(7-9-19)21-14-20(22(27-21)18-10-12-25-13-11-18)23(28)26-15-16-4-2-1-3-5-16/h1-14,27H,15H2,(H,26,28). The van der Waals surface area contributed by atoms with Crippen LogP contribution < -0.4 is 5.32 Å². The molecule has 28 heavy (non-hydrogen) atoms. The van der Waals surface area contributed by atoms with Crippen LogP contribution in [0.5, 0.6) is 0 Å². The highest BCUT2D eigenvalue weighted by Crippen LogP contribution is 2.29. The van der Waals surface area contributed by atoms with Crippen LogP contribution in [0.2, 0.25) is 5.02 Å². The monoisotopic (exact) mass is 387 g/mol. The summed E-state index contributed by atoms with van der Waals surface area (Å²) in [4.78, 5) is 20.4. The Morgan fingerprint density at radius 1 is 0.929 bits per heavy atom. The maximum atomic E-state index is 12.9. The van der Waals surface area contributed by atoms with Crippen molar-refractivity contribution in [3.63, 3.8) is 0 Å². The Hall–Kier alpha value is -3.37. The topological polar surface area (TPSA) is 57.8 Å². The third kappa shape index (κ3) is 3.97. The summed E-state index contributed by atoms with van der Waals surface area (Å²) < 4.78 is 0. The van der Waals surface area contributed by atoms with E-state index in [1.165, 1.54) is 0 Å². The summed E-state index contributed by atoms with van der Waals surface area (Å²) in [5, 5.41) is 3.68. The summed E-state index contributed by atoms with van der Waals surface area (Å²) in [5.74, 6) is -0.132. The molecule has 2 aromatic carbocycles. The summed E-state index contributed by atoms with van der Waals surface area (Å²) in [7, 11) is 0. The minimum absolute atomic E-state index is 0.132. The van der Waals surface area contributed by atoms with Crippen molar-refractivity contribution in [3.8, 4) is 22.5 Å². The Balaban J connectivity index is 1.68. The van der Waals surface area contributed by atoms with Crippen LogP contribution in [-0.4, -0.2) is 15.9 Å². The van der Waals surface area contributed by atoms with E-state index in [2.05, 4.69) is 15.3 Å². The summed E-state index contributed by atoms with van der Waals surface area (Å²) in [6.07, 6.45) is 3.42. The number of hydrogen-bond donors (Lipinski definition) is 2. The smallest absolute Gasteiger partial charge is 0.253 e. The number of amides is 1. The zero-order valence-corrected chi connectivity index (χ0v) is 15.8. The quantitative estimate of drug-likeness (QED) is 0.486. The fourth-order valence-corrected chi connectivity index (χ4v) is 3.16. The molecule has 0 aliphatic carbocycles. The number of hydrogen-bond acceptors (Lipinski definition) is 2. The van der Waals surface area contributed by atoms with Gasteiger partial charge in [-0.25, -0.2) is 0 Å². The largest absolute Gasteiger partial charge is 0.354 e. The highest BCUT2D eigenvalue weighted by molar-refractivity contribution is 6.30. The van der Waals surface area contributed by atoms with Crippen molar-refractivity contribution in [2.45, 2.75) is 6.54 Å². The molecule has 0 spiro atoms. The molecule has 2 N–H and O–H groups in total. The van der Waals surface area contributed by atoms with E-state index in [4.69, 9.17) is 11.6 Å². The molecule has 0 saturated carbocycles. The van der Waals surface area contributed by atoms with Gasteiger partial charge in [-0.3, -0.25) is 9.78 Å². The second kappa shape index (κ2) is 8.11. The number of pyridine rings is 1. The van der Waals surface area contributed by atoms with Crippen molar-refractivity contribution in [1.82, 2.24) is 15.3 Å². The van der Waals surface area contributed by atoms with Gasteiger partial charge in [-0.1, -0.05) is 54.1 Å². The van der Waals surface area contributed by atoms with Crippen LogP contribution in [0.1, 0.15) is 15.9 Å². The molecule has 138 valence electrons. The third-order valence-corrected chi connectivity index (χ3v) is 4.73. The van der Waals surface area contributed by atoms with Crippen molar-refractivity contribution in [2.75, 3.05) is 0 Å². The number of nitrogens with zero attached hydrogens (tertiary/aromatic N) is 1. The SMILES string of the molecule is O=C(NCc1ccccc1)c1cc(-c2ccc(Cl)cc2)[nH]c1-c1ccncc1. The van der Waals surface area contributed by atoms with Gasteiger partial charge < -0.3 is 10.3 Å². The number of benzene rings is 2. The lowest BCUT2D eigenvalue weighted by Crippen LogP contribution is -2.22. The summed E-state index contributed by atoms with van der Waals surface area (Å²) in [6, 6.07) is 23.0. The van der Waals surface area contributed by atoms with E-state index in [0.29, 0.717) is 17.1 Å². The number of rotatable bonds is 5. The first kappa shape index (κ1) is 18.0. The van der Waals surface area contributed by atoms with E-state index < -0.39 is 0 Å². The predicted octanol–water partition coefficient (Wildman–Crippen LogP) is 5.33. The van der Waals surface area contributed by atoms with Gasteiger partial charge in [0.2, 0.25) is 0 Å². The van der Waals surface area contributed by atoms with Gasteiger partial charge in [0.1, 0.15) is 0 Å². The number of carbonyl (C=O) groups excluding carboxylic acids is 1. The van der Waals surface area contributed by atoms with E-state index in [-0.39, 0.29) is 5.91 Å². The van der Waals surface area contributed by atoms with E-state index >= 15 is 0 Å². The second-order valence-electron chi connectivity index (χ2n) is 6.38. The minimum Gasteiger partial charge on any atom is -0.354 e. The first-order valence-electron chi connectivity index (χ1n) is 8.92. The zero-order chi connectivity index (χ0) is 19.3. The number of carbonyl (C=O) groups is 1. The van der Waals surface area contributed by atoms with Crippen LogP contribution in [0.25, 0.3) is 22.5 Å². The Kier molecular flexibility index (Phi) is 5.22. The van der Waals surface area contributed by atoms with E-state index in [9.17, 15) is 4.79 Å². The molecular weight excluding hydrogens is 370 g/mol. The van der Waals surface area contributed by atoms with Crippen LogP contribution in [0.3, 0.4) is 0 Å². The molecule has 0 fully saturated rings. The van der Waals surface area contributed by atoms with Crippen LogP contribution in [0.15, 0.2) is 85.2 Å². The van der Waals surface area contributed by atoms with Gasteiger partial charge in [-0.05, 0) is 41.5 Å². The average Bonchev–Trinajstić information content (AvgIpc) is 3.19. The maximum absolute atomic E-state index is 12.9. The third-order valence-electron chi connectivity index (χ3n) is 4.48. The van der Waals surface area contributed by atoms with Gasteiger partial charge in [0.15, 0.2) is 0 Å². The number of aromatic nitrogens is 2. The van der Waals surface area contributed by atoms with Gasteiger partial charge in [-0.15, -0.1) is 0 Å². The zero-order valence-electron chi connectivity index (χ0n) is 15.0. The number of H-pyrrole nitrogens is 1. The first-order chi connectivity index (χ1) is 13.7. The minimum atomic E-state index is -0.132. The molecule has 2 heterocycles. The van der Waals surface area contributed by atoms with Crippen molar-refractivity contribution in [1.29, 1.82) is 0 Å². The summed E-state index contributed by atoms with van der Waals surface area (Å²) >= 11 is 6.00. The molecule has 0 aliphatic heterocycles.